The van der Waals surface area contributed by atoms with Crippen molar-refractivity contribution in [3.05, 3.63) is 11.8 Å². The minimum atomic E-state index is 0.512. The van der Waals surface area contributed by atoms with Gasteiger partial charge in [0.2, 0.25) is 0 Å². The lowest BCUT2D eigenvalue weighted by atomic mass is 10.5. The van der Waals surface area contributed by atoms with E-state index in [2.05, 4.69) is 17.9 Å². The maximum Gasteiger partial charge on any atom is 0.146 e. The fourth-order valence-corrected chi connectivity index (χ4v) is 0.650. The van der Waals surface area contributed by atoms with Crippen molar-refractivity contribution in [1.82, 2.24) is 9.19 Å². The zero-order chi connectivity index (χ0) is 6.15. The summed E-state index contributed by atoms with van der Waals surface area (Å²) in [6.07, 6.45) is 0. The molecule has 0 aliphatic heterocycles. The summed E-state index contributed by atoms with van der Waals surface area (Å²) < 4.78 is 1.44. The highest BCUT2D eigenvalue weighted by Gasteiger charge is 1.93. The van der Waals surface area contributed by atoms with Crippen molar-refractivity contribution in [2.45, 2.75) is 6.92 Å². The second kappa shape index (κ2) is 1.70. The molecule has 0 amide bonds. The van der Waals surface area contributed by atoms with E-state index in [0.717, 1.165) is 5.69 Å². The second-order valence-electron chi connectivity index (χ2n) is 1.60. The van der Waals surface area contributed by atoms with Crippen molar-refractivity contribution in [1.29, 1.82) is 0 Å². The molecule has 2 N–H and O–H groups in total. The van der Waals surface area contributed by atoms with Gasteiger partial charge in [0.25, 0.3) is 0 Å². The Labute approximate surface area is 53.0 Å². The van der Waals surface area contributed by atoms with Gasteiger partial charge in [-0.15, -0.1) is 5.10 Å². The molecule has 0 fully saturated rings. The van der Waals surface area contributed by atoms with Crippen LogP contribution in [0.3, 0.4) is 0 Å². The molecule has 3 nitrogen and oxygen atoms in total. The van der Waals surface area contributed by atoms with Gasteiger partial charge in [0.1, 0.15) is 5.82 Å². The number of aromatic nitrogens is 2. The van der Waals surface area contributed by atoms with Crippen LogP contribution in [0, 0.1) is 6.92 Å². The number of nitrogen functional groups attached to an aromatic ring is 1. The monoisotopic (exact) mass is 129 g/mol. The third-order valence-electron chi connectivity index (χ3n) is 0.882. The minimum absolute atomic E-state index is 0.512. The molecule has 4 heteroatoms. The van der Waals surface area contributed by atoms with Crippen LogP contribution in [0.2, 0.25) is 0 Å². The molecule has 0 bridgehead atoms. The van der Waals surface area contributed by atoms with E-state index in [0.29, 0.717) is 5.82 Å². The van der Waals surface area contributed by atoms with Gasteiger partial charge >= 0.3 is 0 Å². The lowest BCUT2D eigenvalue weighted by Gasteiger charge is -1.85. The van der Waals surface area contributed by atoms with Crippen LogP contribution in [-0.4, -0.2) is 9.19 Å². The van der Waals surface area contributed by atoms with E-state index in [1.165, 1.54) is 4.09 Å². The van der Waals surface area contributed by atoms with Crippen molar-refractivity contribution in [3.8, 4) is 0 Å². The zero-order valence-corrected chi connectivity index (χ0v) is 5.39. The van der Waals surface area contributed by atoms with Crippen molar-refractivity contribution >= 4 is 18.6 Å². The van der Waals surface area contributed by atoms with Crippen LogP contribution >= 0.6 is 12.8 Å². The van der Waals surface area contributed by atoms with Crippen LogP contribution in [0.4, 0.5) is 5.82 Å². The number of hydrogen-bond acceptors (Lipinski definition) is 3. The number of hydrogen-bond donors (Lipinski definition) is 2. The molecule has 0 radical (unpaired) electrons. The van der Waals surface area contributed by atoms with Gasteiger partial charge in [-0.3, -0.25) is 0 Å². The lowest BCUT2D eigenvalue weighted by molar-refractivity contribution is 0.984. The first kappa shape index (κ1) is 5.50. The number of aryl methyl sites for hydroxylation is 1. The molecule has 0 spiro atoms. The van der Waals surface area contributed by atoms with E-state index in [9.17, 15) is 0 Å². The Kier molecular flexibility index (Phi) is 1.17. The smallest absolute Gasteiger partial charge is 0.146 e. The predicted octanol–water partition coefficient (Wildman–Crippen LogP) is 0.467. The van der Waals surface area contributed by atoms with E-state index in [-0.39, 0.29) is 0 Å². The topological polar surface area (TPSA) is 43.8 Å². The van der Waals surface area contributed by atoms with E-state index in [1.54, 1.807) is 6.07 Å². The van der Waals surface area contributed by atoms with Crippen molar-refractivity contribution in [2.75, 3.05) is 5.73 Å². The van der Waals surface area contributed by atoms with Gasteiger partial charge in [-0.25, -0.2) is 4.09 Å². The molecule has 0 aliphatic rings. The van der Waals surface area contributed by atoms with Crippen LogP contribution in [0.25, 0.3) is 0 Å². The summed E-state index contributed by atoms with van der Waals surface area (Å²) in [5, 5.41) is 3.77. The Morgan fingerprint density at radius 2 is 2.50 bits per heavy atom. The van der Waals surface area contributed by atoms with Gasteiger partial charge < -0.3 is 5.73 Å². The van der Waals surface area contributed by atoms with Crippen LogP contribution in [0.1, 0.15) is 5.69 Å². The molecule has 0 aromatic carbocycles. The maximum atomic E-state index is 5.30. The summed E-state index contributed by atoms with van der Waals surface area (Å²) in [5.41, 5.74) is 6.25. The Bertz CT molecular complexity index is 174. The first-order valence-corrected chi connectivity index (χ1v) is 2.61. The summed E-state index contributed by atoms with van der Waals surface area (Å²) in [6.45, 7) is 1.89. The van der Waals surface area contributed by atoms with E-state index in [1.807, 2.05) is 6.92 Å². The Balaban J connectivity index is 3.14. The van der Waals surface area contributed by atoms with Gasteiger partial charge in [-0.1, -0.05) is 0 Å². The number of nitrogens with two attached hydrogens (primary N) is 1. The van der Waals surface area contributed by atoms with Gasteiger partial charge in [0.15, 0.2) is 0 Å². The molecule has 0 atom stereocenters. The highest BCUT2D eigenvalue weighted by molar-refractivity contribution is 7.78. The number of anilines is 1. The predicted molar refractivity (Wildman–Crippen MR) is 35.8 cm³/mol. The molecule has 1 rings (SSSR count). The average molecular weight is 129 g/mol. The van der Waals surface area contributed by atoms with Gasteiger partial charge in [0.05, 0.1) is 5.69 Å². The third kappa shape index (κ3) is 0.790. The van der Waals surface area contributed by atoms with Crippen molar-refractivity contribution in [3.63, 3.8) is 0 Å². The van der Waals surface area contributed by atoms with Crippen LogP contribution < -0.4 is 5.73 Å². The molecule has 1 heterocycles. The summed E-state index contributed by atoms with van der Waals surface area (Å²) in [4.78, 5) is 0. The second-order valence-corrected chi connectivity index (χ2v) is 1.98. The maximum absolute atomic E-state index is 5.30. The Morgan fingerprint density at radius 1 is 1.88 bits per heavy atom. The highest BCUT2D eigenvalue weighted by atomic mass is 32.1. The quantitative estimate of drug-likeness (QED) is 0.500. The fourth-order valence-electron chi connectivity index (χ4n) is 0.489. The van der Waals surface area contributed by atoms with Crippen LogP contribution in [0.15, 0.2) is 6.07 Å². The molecule has 1 aromatic rings. The molecule has 8 heavy (non-hydrogen) atoms. The van der Waals surface area contributed by atoms with Crippen LogP contribution in [0.5, 0.6) is 0 Å². The summed E-state index contributed by atoms with van der Waals surface area (Å²) in [5.74, 6) is 0.512. The summed E-state index contributed by atoms with van der Waals surface area (Å²) in [7, 11) is 0. The van der Waals surface area contributed by atoms with E-state index in [4.69, 9.17) is 5.73 Å². The molecule has 0 saturated heterocycles. The van der Waals surface area contributed by atoms with E-state index < -0.39 is 0 Å². The van der Waals surface area contributed by atoms with Gasteiger partial charge in [-0.05, 0) is 19.7 Å². The van der Waals surface area contributed by atoms with Crippen LogP contribution in [-0.2, 0) is 0 Å². The first-order valence-electron chi connectivity index (χ1n) is 2.21. The van der Waals surface area contributed by atoms with Gasteiger partial charge in [0, 0.05) is 6.07 Å². The van der Waals surface area contributed by atoms with Crippen molar-refractivity contribution in [2.24, 2.45) is 0 Å². The Morgan fingerprint density at radius 3 is 2.62 bits per heavy atom. The molecular formula is C4H7N3S. The van der Waals surface area contributed by atoms with E-state index >= 15 is 0 Å². The number of thiol groups is 1. The standard InChI is InChI=1S/C4H7N3S/c1-3-2-4(5)6-7(3)8/h2,8H,1H3,(H2,5,6). The highest BCUT2D eigenvalue weighted by Crippen LogP contribution is 2.03. The minimum Gasteiger partial charge on any atom is -0.382 e. The lowest BCUT2D eigenvalue weighted by Crippen LogP contribution is -1.87. The van der Waals surface area contributed by atoms with Gasteiger partial charge in [-0.2, -0.15) is 0 Å². The van der Waals surface area contributed by atoms with Crippen molar-refractivity contribution < 1.29 is 0 Å². The SMILES string of the molecule is Cc1cc(N)nn1S. The normalized spacial score (nSPS) is 9.75. The average Bonchev–Trinajstić information content (AvgIpc) is 1.85. The molecule has 44 valence electrons. The number of rotatable bonds is 0. The molecule has 1 aromatic heterocycles. The first-order chi connectivity index (χ1) is 3.70. The largest absolute Gasteiger partial charge is 0.382 e. The molecule has 0 unspecified atom stereocenters. The molecule has 0 saturated carbocycles. The fraction of sp³-hybridized carbons (Fsp3) is 0.250. The Hall–Kier alpha value is -0.640. The molecular weight excluding hydrogens is 122 g/mol. The zero-order valence-electron chi connectivity index (χ0n) is 4.50. The summed E-state index contributed by atoms with van der Waals surface area (Å²) >= 11 is 3.94. The third-order valence-corrected chi connectivity index (χ3v) is 1.29. The summed E-state index contributed by atoms with van der Waals surface area (Å²) in [6, 6.07) is 1.76. The molecule has 0 aliphatic carbocycles. The number of nitrogens with zero attached hydrogens (tertiary/aromatic N) is 2.